The number of esters is 3. The summed E-state index contributed by atoms with van der Waals surface area (Å²) in [5.74, 6) is -0.900. The lowest BCUT2D eigenvalue weighted by Crippen LogP contribution is -2.30. The second kappa shape index (κ2) is 53.7. The van der Waals surface area contributed by atoms with Crippen LogP contribution in [-0.2, 0) is 28.6 Å². The van der Waals surface area contributed by atoms with Crippen LogP contribution >= 0.6 is 0 Å². The van der Waals surface area contributed by atoms with Gasteiger partial charge < -0.3 is 14.2 Å². The number of carbonyl (C=O) groups is 3. The molecule has 0 heterocycles. The lowest BCUT2D eigenvalue weighted by Gasteiger charge is -2.18. The summed E-state index contributed by atoms with van der Waals surface area (Å²) in [4.78, 5) is 38.1. The summed E-state index contributed by atoms with van der Waals surface area (Å²) in [6.07, 6.45) is 66.3. The average molecular weight is 909 g/mol. The van der Waals surface area contributed by atoms with E-state index in [2.05, 4.69) is 81.5 Å². The van der Waals surface area contributed by atoms with Gasteiger partial charge in [0.1, 0.15) is 13.2 Å². The molecular weight excluding hydrogens is 805 g/mol. The maximum atomic E-state index is 12.8. The van der Waals surface area contributed by atoms with Gasteiger partial charge in [-0.2, -0.15) is 0 Å². The number of carbonyl (C=O) groups excluding carboxylic acids is 3. The molecule has 0 aromatic rings. The van der Waals surface area contributed by atoms with Crippen LogP contribution in [0.4, 0.5) is 0 Å². The summed E-state index contributed by atoms with van der Waals surface area (Å²) in [7, 11) is 0. The first-order chi connectivity index (χ1) is 32.0. The molecule has 0 aliphatic rings. The largest absolute Gasteiger partial charge is 0.462 e. The van der Waals surface area contributed by atoms with Crippen molar-refractivity contribution in [1.82, 2.24) is 0 Å². The van der Waals surface area contributed by atoms with Crippen molar-refractivity contribution in [3.63, 3.8) is 0 Å². The van der Waals surface area contributed by atoms with Gasteiger partial charge in [0, 0.05) is 19.3 Å². The summed E-state index contributed by atoms with van der Waals surface area (Å²) in [6.45, 7) is 6.51. The Bertz CT molecular complexity index is 1180. The fourth-order valence-corrected chi connectivity index (χ4v) is 7.80. The standard InChI is InChI=1S/C59H104O6/c1-4-7-10-13-16-19-22-25-27-28-29-30-32-34-37-40-43-46-49-52-58(61)64-55-56(54-63-57(60)51-48-45-42-39-36-33-24-21-18-15-12-9-6-3)65-59(62)53-50-47-44-41-38-35-31-26-23-20-17-14-11-8-5-2/h7,10,16,19-20,23,25,27,33,36,56H,4-6,8-9,11-15,17-18,21-22,24,26,28-32,34-35,37-55H2,1-3H3/b10-7-,19-16-,23-20-,27-25-,36-33-. The zero-order valence-corrected chi connectivity index (χ0v) is 43.0. The van der Waals surface area contributed by atoms with Crippen LogP contribution in [0.2, 0.25) is 0 Å². The first-order valence-corrected chi connectivity index (χ1v) is 27.8. The predicted octanol–water partition coefficient (Wildman–Crippen LogP) is 18.4. The quantitative estimate of drug-likeness (QED) is 0.0262. The van der Waals surface area contributed by atoms with Crippen LogP contribution in [0.3, 0.4) is 0 Å². The maximum Gasteiger partial charge on any atom is 0.306 e. The molecule has 0 amide bonds. The van der Waals surface area contributed by atoms with Gasteiger partial charge in [0.2, 0.25) is 0 Å². The van der Waals surface area contributed by atoms with Gasteiger partial charge in [-0.3, -0.25) is 14.4 Å². The van der Waals surface area contributed by atoms with Crippen molar-refractivity contribution in [3.8, 4) is 0 Å². The van der Waals surface area contributed by atoms with Gasteiger partial charge in [-0.1, -0.05) is 216 Å². The highest BCUT2D eigenvalue weighted by atomic mass is 16.6. The molecule has 0 rings (SSSR count). The van der Waals surface area contributed by atoms with Crippen molar-refractivity contribution >= 4 is 17.9 Å². The van der Waals surface area contributed by atoms with Gasteiger partial charge in [-0.05, 0) is 103 Å². The molecule has 6 heteroatoms. The van der Waals surface area contributed by atoms with Crippen LogP contribution in [0.1, 0.15) is 278 Å². The molecule has 376 valence electrons. The SMILES string of the molecule is CC/C=C\C/C=C\C/C=C\CCCCCCCCCCCC(=O)OCC(COC(=O)CCCCC/C=C\CCCCCCCC)OC(=O)CCCCCCCCC/C=C\CCCCCC. The predicted molar refractivity (Wildman–Crippen MR) is 279 cm³/mol. The second-order valence-electron chi connectivity index (χ2n) is 18.5. The van der Waals surface area contributed by atoms with E-state index in [1.165, 1.54) is 148 Å². The van der Waals surface area contributed by atoms with E-state index in [4.69, 9.17) is 14.2 Å². The third kappa shape index (κ3) is 51.9. The van der Waals surface area contributed by atoms with Gasteiger partial charge in [0.15, 0.2) is 6.10 Å². The highest BCUT2D eigenvalue weighted by molar-refractivity contribution is 5.71. The fraction of sp³-hybridized carbons (Fsp3) is 0.780. The van der Waals surface area contributed by atoms with Crippen molar-refractivity contribution in [2.75, 3.05) is 13.2 Å². The molecule has 1 unspecified atom stereocenters. The molecule has 0 bridgehead atoms. The summed E-state index contributed by atoms with van der Waals surface area (Å²) in [5.41, 5.74) is 0. The van der Waals surface area contributed by atoms with Gasteiger partial charge in [0.25, 0.3) is 0 Å². The first kappa shape index (κ1) is 62.1. The molecule has 6 nitrogen and oxygen atoms in total. The topological polar surface area (TPSA) is 78.9 Å². The molecule has 0 radical (unpaired) electrons. The maximum absolute atomic E-state index is 12.8. The Balaban J connectivity index is 4.37. The lowest BCUT2D eigenvalue weighted by atomic mass is 10.1. The number of hydrogen-bond acceptors (Lipinski definition) is 6. The van der Waals surface area contributed by atoms with E-state index < -0.39 is 6.10 Å². The molecule has 0 spiro atoms. The van der Waals surface area contributed by atoms with Gasteiger partial charge in [-0.25, -0.2) is 0 Å². The van der Waals surface area contributed by atoms with Crippen molar-refractivity contribution in [1.29, 1.82) is 0 Å². The molecule has 0 fully saturated rings. The van der Waals surface area contributed by atoms with Gasteiger partial charge in [-0.15, -0.1) is 0 Å². The molecule has 0 saturated heterocycles. The zero-order chi connectivity index (χ0) is 47.2. The van der Waals surface area contributed by atoms with E-state index in [-0.39, 0.29) is 31.1 Å². The Morgan fingerprint density at radius 1 is 0.323 bits per heavy atom. The van der Waals surface area contributed by atoms with Crippen LogP contribution in [0.25, 0.3) is 0 Å². The normalized spacial score (nSPS) is 12.5. The van der Waals surface area contributed by atoms with E-state index in [1.807, 2.05) is 0 Å². The molecule has 0 aliphatic carbocycles. The Kier molecular flexibility index (Phi) is 51.3. The minimum absolute atomic E-state index is 0.0826. The van der Waals surface area contributed by atoms with Gasteiger partial charge in [0.05, 0.1) is 0 Å². The van der Waals surface area contributed by atoms with E-state index in [9.17, 15) is 14.4 Å². The van der Waals surface area contributed by atoms with Crippen LogP contribution in [0.5, 0.6) is 0 Å². The van der Waals surface area contributed by atoms with Crippen LogP contribution in [0, 0.1) is 0 Å². The number of allylic oxidation sites excluding steroid dienone is 10. The molecule has 0 aromatic heterocycles. The van der Waals surface area contributed by atoms with Crippen molar-refractivity contribution in [2.45, 2.75) is 284 Å². The lowest BCUT2D eigenvalue weighted by molar-refractivity contribution is -0.167. The van der Waals surface area contributed by atoms with Crippen molar-refractivity contribution in [3.05, 3.63) is 60.8 Å². The molecule has 1 atom stereocenters. The number of unbranched alkanes of at least 4 members (excludes halogenated alkanes) is 29. The average Bonchev–Trinajstić information content (AvgIpc) is 3.30. The molecule has 0 saturated carbocycles. The third-order valence-electron chi connectivity index (χ3n) is 12.0. The molecule has 0 aliphatic heterocycles. The molecule has 0 N–H and O–H groups in total. The fourth-order valence-electron chi connectivity index (χ4n) is 7.80. The minimum atomic E-state index is -0.784. The smallest absolute Gasteiger partial charge is 0.306 e. The summed E-state index contributed by atoms with van der Waals surface area (Å²) in [6, 6.07) is 0. The summed E-state index contributed by atoms with van der Waals surface area (Å²) in [5, 5.41) is 0. The second-order valence-corrected chi connectivity index (χ2v) is 18.5. The third-order valence-corrected chi connectivity index (χ3v) is 12.0. The molecule has 65 heavy (non-hydrogen) atoms. The Hall–Kier alpha value is -2.89. The number of rotatable bonds is 50. The van der Waals surface area contributed by atoms with Crippen molar-refractivity contribution in [2.24, 2.45) is 0 Å². The Labute approximate surface area is 402 Å². The molecular formula is C59H104O6. The van der Waals surface area contributed by atoms with Gasteiger partial charge >= 0.3 is 17.9 Å². The molecule has 0 aromatic carbocycles. The van der Waals surface area contributed by atoms with E-state index in [0.29, 0.717) is 19.3 Å². The monoisotopic (exact) mass is 909 g/mol. The minimum Gasteiger partial charge on any atom is -0.462 e. The van der Waals surface area contributed by atoms with E-state index >= 15 is 0 Å². The summed E-state index contributed by atoms with van der Waals surface area (Å²) < 4.78 is 16.8. The van der Waals surface area contributed by atoms with E-state index in [0.717, 1.165) is 89.9 Å². The van der Waals surface area contributed by atoms with Crippen molar-refractivity contribution < 1.29 is 28.6 Å². The Morgan fingerprint density at radius 2 is 0.600 bits per heavy atom. The number of hydrogen-bond donors (Lipinski definition) is 0. The van der Waals surface area contributed by atoms with Crippen LogP contribution in [0.15, 0.2) is 60.8 Å². The highest BCUT2D eigenvalue weighted by Crippen LogP contribution is 2.15. The zero-order valence-electron chi connectivity index (χ0n) is 43.0. The highest BCUT2D eigenvalue weighted by Gasteiger charge is 2.19. The summed E-state index contributed by atoms with van der Waals surface area (Å²) >= 11 is 0. The Morgan fingerprint density at radius 3 is 0.985 bits per heavy atom. The first-order valence-electron chi connectivity index (χ1n) is 27.8. The van der Waals surface area contributed by atoms with Crippen LogP contribution < -0.4 is 0 Å². The van der Waals surface area contributed by atoms with E-state index in [1.54, 1.807) is 0 Å². The van der Waals surface area contributed by atoms with Crippen LogP contribution in [-0.4, -0.2) is 37.2 Å². The number of ether oxygens (including phenoxy) is 3.